The molecule has 1 aromatic heterocycles. The molecule has 2 heterocycles. The van der Waals surface area contributed by atoms with Crippen LogP contribution in [0.5, 0.6) is 0 Å². The Morgan fingerprint density at radius 1 is 1.03 bits per heavy atom. The maximum Gasteiger partial charge on any atom is 0.255 e. The number of likely N-dealkylation sites (tertiary alicyclic amines) is 1. The summed E-state index contributed by atoms with van der Waals surface area (Å²) in [5, 5.41) is 7.68. The molecule has 1 amide bonds. The minimum atomic E-state index is -0.299. The number of aromatic nitrogens is 2. The van der Waals surface area contributed by atoms with Crippen LogP contribution in [0, 0.1) is 26.6 Å². The van der Waals surface area contributed by atoms with Gasteiger partial charge in [0.2, 0.25) is 0 Å². The van der Waals surface area contributed by atoms with Crippen LogP contribution in [-0.4, -0.2) is 40.2 Å². The lowest BCUT2D eigenvalue weighted by molar-refractivity contribution is 0.0936. The van der Waals surface area contributed by atoms with Gasteiger partial charge in [0.05, 0.1) is 28.7 Å². The molecule has 0 spiro atoms. The first kappa shape index (κ1) is 21.2. The van der Waals surface area contributed by atoms with E-state index < -0.39 is 0 Å². The van der Waals surface area contributed by atoms with Gasteiger partial charge in [-0.1, -0.05) is 29.8 Å². The van der Waals surface area contributed by atoms with E-state index in [0.29, 0.717) is 17.8 Å². The predicted molar refractivity (Wildman–Crippen MR) is 120 cm³/mol. The fourth-order valence-corrected chi connectivity index (χ4v) is 4.38. The van der Waals surface area contributed by atoms with E-state index in [-0.39, 0.29) is 17.8 Å². The molecule has 1 fully saturated rings. The Kier molecular flexibility index (Phi) is 6.18. The van der Waals surface area contributed by atoms with E-state index in [1.54, 1.807) is 16.8 Å². The largest absolute Gasteiger partial charge is 0.350 e. The molecule has 6 heteroatoms. The van der Waals surface area contributed by atoms with Gasteiger partial charge in [0.15, 0.2) is 0 Å². The van der Waals surface area contributed by atoms with Crippen molar-refractivity contribution in [3.63, 3.8) is 0 Å². The molecule has 0 bridgehead atoms. The summed E-state index contributed by atoms with van der Waals surface area (Å²) in [6.45, 7) is 8.43. The maximum atomic E-state index is 13.3. The highest BCUT2D eigenvalue weighted by molar-refractivity contribution is 5.96. The van der Waals surface area contributed by atoms with E-state index in [2.05, 4.69) is 46.5 Å². The normalized spacial score (nSPS) is 15.2. The molecule has 31 heavy (non-hydrogen) atoms. The number of benzene rings is 2. The van der Waals surface area contributed by atoms with Gasteiger partial charge in [0, 0.05) is 6.54 Å². The Morgan fingerprint density at radius 3 is 2.32 bits per heavy atom. The van der Waals surface area contributed by atoms with Crippen LogP contribution in [0.2, 0.25) is 0 Å². The van der Waals surface area contributed by atoms with Crippen molar-refractivity contribution >= 4 is 5.91 Å². The standard InChI is InChI=1S/C25H29FN4O/c1-17-6-8-20(9-7-17)23(29-14-4-5-15-29)16-27-25(31)24-18(2)28-30(19(24)3)22-12-10-21(26)11-13-22/h6-13,23H,4-5,14-16H2,1-3H3,(H,27,31). The number of hydrogen-bond donors (Lipinski definition) is 1. The molecule has 0 saturated carbocycles. The lowest BCUT2D eigenvalue weighted by Gasteiger charge is -2.28. The lowest BCUT2D eigenvalue weighted by atomic mass is 10.0. The Morgan fingerprint density at radius 2 is 1.68 bits per heavy atom. The molecule has 5 nitrogen and oxygen atoms in total. The van der Waals surface area contributed by atoms with Crippen molar-refractivity contribution < 1.29 is 9.18 Å². The highest BCUT2D eigenvalue weighted by atomic mass is 19.1. The Hall–Kier alpha value is -2.99. The summed E-state index contributed by atoms with van der Waals surface area (Å²) in [6.07, 6.45) is 2.39. The smallest absolute Gasteiger partial charge is 0.255 e. The van der Waals surface area contributed by atoms with Crippen LogP contribution >= 0.6 is 0 Å². The number of hydrogen-bond acceptors (Lipinski definition) is 3. The molecule has 1 N–H and O–H groups in total. The zero-order chi connectivity index (χ0) is 22.0. The van der Waals surface area contributed by atoms with E-state index in [4.69, 9.17) is 0 Å². The SMILES string of the molecule is Cc1ccc(C(CNC(=O)c2c(C)nn(-c3ccc(F)cc3)c2C)N2CCCC2)cc1. The summed E-state index contributed by atoms with van der Waals surface area (Å²) >= 11 is 0. The van der Waals surface area contributed by atoms with E-state index in [0.717, 1.165) is 24.5 Å². The summed E-state index contributed by atoms with van der Waals surface area (Å²) in [5.41, 5.74) is 5.17. The highest BCUT2D eigenvalue weighted by Crippen LogP contribution is 2.25. The summed E-state index contributed by atoms with van der Waals surface area (Å²) in [5.74, 6) is -0.424. The number of amides is 1. The number of nitrogens with one attached hydrogen (secondary N) is 1. The molecule has 1 aliphatic heterocycles. The van der Waals surface area contributed by atoms with Crippen molar-refractivity contribution in [3.8, 4) is 5.69 Å². The molecular weight excluding hydrogens is 391 g/mol. The van der Waals surface area contributed by atoms with Crippen LogP contribution < -0.4 is 5.32 Å². The third-order valence-electron chi connectivity index (χ3n) is 6.09. The third kappa shape index (κ3) is 4.54. The van der Waals surface area contributed by atoms with Crippen LogP contribution in [0.1, 0.15) is 51.8 Å². The van der Waals surface area contributed by atoms with Gasteiger partial charge < -0.3 is 5.32 Å². The van der Waals surface area contributed by atoms with Gasteiger partial charge in [-0.15, -0.1) is 0 Å². The van der Waals surface area contributed by atoms with E-state index in [1.807, 2.05) is 13.8 Å². The van der Waals surface area contributed by atoms with Crippen molar-refractivity contribution in [2.24, 2.45) is 0 Å². The average Bonchev–Trinajstić information content (AvgIpc) is 3.38. The van der Waals surface area contributed by atoms with Crippen molar-refractivity contribution in [1.29, 1.82) is 0 Å². The first-order valence-corrected chi connectivity index (χ1v) is 10.8. The van der Waals surface area contributed by atoms with Gasteiger partial charge in [-0.2, -0.15) is 5.10 Å². The quantitative estimate of drug-likeness (QED) is 0.639. The van der Waals surface area contributed by atoms with Gasteiger partial charge in [0.1, 0.15) is 5.82 Å². The van der Waals surface area contributed by atoms with Crippen molar-refractivity contribution in [2.45, 2.75) is 39.7 Å². The van der Waals surface area contributed by atoms with E-state index in [9.17, 15) is 9.18 Å². The molecule has 1 aliphatic rings. The summed E-state index contributed by atoms with van der Waals surface area (Å²) < 4.78 is 15.0. The third-order valence-corrected chi connectivity index (χ3v) is 6.09. The second kappa shape index (κ2) is 9.02. The zero-order valence-corrected chi connectivity index (χ0v) is 18.4. The number of carbonyl (C=O) groups excluding carboxylic acids is 1. The summed E-state index contributed by atoms with van der Waals surface area (Å²) in [7, 11) is 0. The minimum absolute atomic E-state index is 0.125. The second-order valence-electron chi connectivity index (χ2n) is 8.31. The minimum Gasteiger partial charge on any atom is -0.350 e. The molecule has 1 unspecified atom stereocenters. The maximum absolute atomic E-state index is 13.3. The van der Waals surface area contributed by atoms with Crippen LogP contribution in [-0.2, 0) is 0 Å². The number of halogens is 1. The topological polar surface area (TPSA) is 50.2 Å². The second-order valence-corrected chi connectivity index (χ2v) is 8.31. The molecule has 1 atom stereocenters. The molecule has 2 aromatic carbocycles. The number of nitrogens with zero attached hydrogens (tertiary/aromatic N) is 3. The van der Waals surface area contributed by atoms with Gasteiger partial charge >= 0.3 is 0 Å². The average molecular weight is 421 g/mol. The molecule has 162 valence electrons. The van der Waals surface area contributed by atoms with E-state index in [1.165, 1.54) is 36.1 Å². The van der Waals surface area contributed by atoms with Crippen LogP contribution in [0.15, 0.2) is 48.5 Å². The number of aryl methyl sites for hydroxylation is 2. The highest BCUT2D eigenvalue weighted by Gasteiger charge is 2.25. The Balaban J connectivity index is 1.54. The monoisotopic (exact) mass is 420 g/mol. The molecule has 0 radical (unpaired) electrons. The summed E-state index contributed by atoms with van der Waals surface area (Å²) in [6, 6.07) is 14.8. The van der Waals surface area contributed by atoms with Gasteiger partial charge in [-0.05, 0) is 76.5 Å². The van der Waals surface area contributed by atoms with Gasteiger partial charge in [0.25, 0.3) is 5.91 Å². The number of rotatable bonds is 6. The van der Waals surface area contributed by atoms with Crippen molar-refractivity contribution in [2.75, 3.05) is 19.6 Å². The summed E-state index contributed by atoms with van der Waals surface area (Å²) in [4.78, 5) is 15.6. The number of carbonyl (C=O) groups is 1. The molecular formula is C25H29FN4O. The predicted octanol–water partition coefficient (Wildman–Crippen LogP) is 4.50. The lowest BCUT2D eigenvalue weighted by Crippen LogP contribution is -2.37. The zero-order valence-electron chi connectivity index (χ0n) is 18.4. The van der Waals surface area contributed by atoms with Gasteiger partial charge in [-0.25, -0.2) is 9.07 Å². The van der Waals surface area contributed by atoms with Crippen LogP contribution in [0.3, 0.4) is 0 Å². The van der Waals surface area contributed by atoms with Crippen molar-refractivity contribution in [1.82, 2.24) is 20.0 Å². The Labute approximate surface area is 182 Å². The fraction of sp³-hybridized carbons (Fsp3) is 0.360. The molecule has 1 saturated heterocycles. The Bertz CT molecular complexity index is 1050. The van der Waals surface area contributed by atoms with Crippen molar-refractivity contribution in [3.05, 3.63) is 82.4 Å². The molecule has 4 rings (SSSR count). The first-order chi connectivity index (χ1) is 14.9. The molecule has 3 aromatic rings. The van der Waals surface area contributed by atoms with E-state index >= 15 is 0 Å². The fourth-order valence-electron chi connectivity index (χ4n) is 4.38. The van der Waals surface area contributed by atoms with Crippen LogP contribution in [0.25, 0.3) is 5.69 Å². The van der Waals surface area contributed by atoms with Crippen LogP contribution in [0.4, 0.5) is 4.39 Å². The first-order valence-electron chi connectivity index (χ1n) is 10.8. The molecule has 0 aliphatic carbocycles. The van der Waals surface area contributed by atoms with Gasteiger partial charge in [-0.3, -0.25) is 9.69 Å².